The summed E-state index contributed by atoms with van der Waals surface area (Å²) < 4.78 is 11.3. The summed E-state index contributed by atoms with van der Waals surface area (Å²) in [6.07, 6.45) is 12.1. The van der Waals surface area contributed by atoms with Crippen molar-refractivity contribution in [1.29, 1.82) is 0 Å². The van der Waals surface area contributed by atoms with Crippen LogP contribution in [0.25, 0.3) is 0 Å². The summed E-state index contributed by atoms with van der Waals surface area (Å²) in [5.74, 6) is 0.836. The number of hydrogen-bond donors (Lipinski definition) is 0. The predicted molar refractivity (Wildman–Crippen MR) is 120 cm³/mol. The van der Waals surface area contributed by atoms with Gasteiger partial charge in [-0.15, -0.1) is 6.58 Å². The second kappa shape index (κ2) is 13.0. The lowest BCUT2D eigenvalue weighted by Crippen LogP contribution is -2.36. The number of amides is 1. The van der Waals surface area contributed by atoms with Crippen molar-refractivity contribution in [3.63, 3.8) is 0 Å². The Balaban J connectivity index is 1.84. The molecule has 0 radical (unpaired) electrons. The summed E-state index contributed by atoms with van der Waals surface area (Å²) in [5, 5.41) is 0. The number of rotatable bonds is 12. The lowest BCUT2D eigenvalue weighted by atomic mass is 10.0. The molecule has 1 aliphatic heterocycles. The van der Waals surface area contributed by atoms with Gasteiger partial charge in [-0.25, -0.2) is 4.79 Å². The van der Waals surface area contributed by atoms with Gasteiger partial charge in [-0.05, 0) is 50.1 Å². The molecule has 0 fully saturated rings. The first-order valence-electron chi connectivity index (χ1n) is 10.8. The fourth-order valence-electron chi connectivity index (χ4n) is 3.38. The number of carbonyl (C=O) groups excluding carboxylic acids is 1. The SMILES string of the molecule is C=CCN(C)C/C=C/COc1ccc2c(c1)CCCN2C(=O)OCCCCCC. The van der Waals surface area contributed by atoms with Crippen LogP contribution >= 0.6 is 0 Å². The zero-order chi connectivity index (χ0) is 20.9. The van der Waals surface area contributed by atoms with E-state index in [4.69, 9.17) is 9.47 Å². The zero-order valence-corrected chi connectivity index (χ0v) is 18.1. The van der Waals surface area contributed by atoms with Gasteiger partial charge in [0.1, 0.15) is 12.4 Å². The van der Waals surface area contributed by atoms with Crippen LogP contribution in [0.5, 0.6) is 5.75 Å². The number of nitrogens with zero attached hydrogens (tertiary/aromatic N) is 2. The molecule has 5 heteroatoms. The topological polar surface area (TPSA) is 42.0 Å². The molecule has 29 heavy (non-hydrogen) atoms. The van der Waals surface area contributed by atoms with Crippen LogP contribution in [0.2, 0.25) is 0 Å². The maximum Gasteiger partial charge on any atom is 0.414 e. The zero-order valence-electron chi connectivity index (χ0n) is 18.1. The van der Waals surface area contributed by atoms with Crippen LogP contribution in [0, 0.1) is 0 Å². The van der Waals surface area contributed by atoms with Gasteiger partial charge < -0.3 is 9.47 Å². The second-order valence-electron chi connectivity index (χ2n) is 7.51. The molecule has 0 aromatic heterocycles. The van der Waals surface area contributed by atoms with Crippen LogP contribution in [-0.2, 0) is 11.2 Å². The minimum atomic E-state index is -0.234. The molecule has 0 saturated carbocycles. The van der Waals surface area contributed by atoms with Crippen molar-refractivity contribution in [2.75, 3.05) is 44.8 Å². The van der Waals surface area contributed by atoms with Crippen LogP contribution in [0.3, 0.4) is 0 Å². The van der Waals surface area contributed by atoms with E-state index < -0.39 is 0 Å². The van der Waals surface area contributed by atoms with Crippen molar-refractivity contribution in [1.82, 2.24) is 4.90 Å². The Morgan fingerprint density at radius 3 is 2.90 bits per heavy atom. The molecule has 1 amide bonds. The molecular formula is C24H36N2O3. The Hall–Kier alpha value is -2.27. The normalized spacial score (nSPS) is 13.6. The van der Waals surface area contributed by atoms with Crippen molar-refractivity contribution in [2.45, 2.75) is 45.4 Å². The fraction of sp³-hybridized carbons (Fsp3) is 0.542. The number of aryl methyl sites for hydroxylation is 1. The number of fused-ring (bicyclic) bond motifs is 1. The standard InChI is InChI=1S/C24H36N2O3/c1-4-6-7-9-19-29-24(27)26-17-11-12-21-20-22(13-14-23(21)26)28-18-10-8-16-25(3)15-5-2/h5,8,10,13-14,20H,2,4,6-7,9,11-12,15-19H2,1,3H3/b10-8+. The predicted octanol–water partition coefficient (Wildman–Crippen LogP) is 5.21. The van der Waals surface area contributed by atoms with E-state index in [0.29, 0.717) is 19.8 Å². The van der Waals surface area contributed by atoms with E-state index in [0.717, 1.165) is 55.8 Å². The summed E-state index contributed by atoms with van der Waals surface area (Å²) in [7, 11) is 2.05. The quantitative estimate of drug-likeness (QED) is 0.357. The van der Waals surface area contributed by atoms with Crippen LogP contribution in [0.4, 0.5) is 10.5 Å². The summed E-state index contributed by atoms with van der Waals surface area (Å²) >= 11 is 0. The number of likely N-dealkylation sites (N-methyl/N-ethyl adjacent to an activating group) is 1. The number of hydrogen-bond acceptors (Lipinski definition) is 4. The lowest BCUT2D eigenvalue weighted by molar-refractivity contribution is 0.150. The molecule has 1 aliphatic rings. The highest BCUT2D eigenvalue weighted by molar-refractivity contribution is 5.89. The van der Waals surface area contributed by atoms with Crippen molar-refractivity contribution < 1.29 is 14.3 Å². The van der Waals surface area contributed by atoms with Gasteiger partial charge in [0.05, 0.1) is 12.3 Å². The molecule has 0 bridgehead atoms. The molecule has 1 aromatic rings. The van der Waals surface area contributed by atoms with Crippen molar-refractivity contribution in [3.05, 3.63) is 48.6 Å². The molecule has 1 aromatic carbocycles. The van der Waals surface area contributed by atoms with Crippen LogP contribution < -0.4 is 9.64 Å². The third-order valence-electron chi connectivity index (χ3n) is 4.98. The Labute approximate surface area is 176 Å². The highest BCUT2D eigenvalue weighted by Crippen LogP contribution is 2.31. The van der Waals surface area contributed by atoms with E-state index in [9.17, 15) is 4.79 Å². The maximum absolute atomic E-state index is 12.5. The summed E-state index contributed by atoms with van der Waals surface area (Å²) in [6, 6.07) is 5.96. The molecule has 0 atom stereocenters. The number of unbranched alkanes of at least 4 members (excludes halogenated alkanes) is 3. The van der Waals surface area contributed by atoms with Crippen LogP contribution in [0.15, 0.2) is 43.0 Å². The first-order valence-corrected chi connectivity index (χ1v) is 10.8. The molecule has 0 unspecified atom stereocenters. The van der Waals surface area contributed by atoms with Crippen LogP contribution in [0.1, 0.15) is 44.6 Å². The molecule has 1 heterocycles. The van der Waals surface area contributed by atoms with Gasteiger partial charge in [-0.1, -0.05) is 44.4 Å². The Morgan fingerprint density at radius 1 is 1.24 bits per heavy atom. The van der Waals surface area contributed by atoms with E-state index in [-0.39, 0.29) is 6.09 Å². The summed E-state index contributed by atoms with van der Waals surface area (Å²) in [4.78, 5) is 16.4. The van der Waals surface area contributed by atoms with Gasteiger partial charge in [0.15, 0.2) is 0 Å². The van der Waals surface area contributed by atoms with E-state index in [1.54, 1.807) is 4.90 Å². The number of carbonyl (C=O) groups is 1. The lowest BCUT2D eigenvalue weighted by Gasteiger charge is -2.29. The van der Waals surface area contributed by atoms with Gasteiger partial charge in [-0.2, -0.15) is 0 Å². The van der Waals surface area contributed by atoms with E-state index in [2.05, 4.69) is 31.5 Å². The Bertz CT molecular complexity index is 672. The van der Waals surface area contributed by atoms with Gasteiger partial charge in [-0.3, -0.25) is 9.80 Å². The summed E-state index contributed by atoms with van der Waals surface area (Å²) in [5.41, 5.74) is 2.09. The molecule has 2 rings (SSSR count). The largest absolute Gasteiger partial charge is 0.490 e. The van der Waals surface area contributed by atoms with Gasteiger partial charge in [0.25, 0.3) is 0 Å². The van der Waals surface area contributed by atoms with Crippen LogP contribution in [-0.4, -0.2) is 50.9 Å². The Morgan fingerprint density at radius 2 is 2.10 bits per heavy atom. The second-order valence-corrected chi connectivity index (χ2v) is 7.51. The monoisotopic (exact) mass is 400 g/mol. The van der Waals surface area contributed by atoms with Crippen molar-refractivity contribution in [3.8, 4) is 5.75 Å². The van der Waals surface area contributed by atoms with E-state index >= 15 is 0 Å². The molecular weight excluding hydrogens is 364 g/mol. The molecule has 0 saturated heterocycles. The minimum absolute atomic E-state index is 0.234. The number of benzene rings is 1. The third kappa shape index (κ3) is 7.94. The maximum atomic E-state index is 12.5. The van der Waals surface area contributed by atoms with Gasteiger partial charge in [0, 0.05) is 19.6 Å². The smallest absolute Gasteiger partial charge is 0.414 e. The third-order valence-corrected chi connectivity index (χ3v) is 4.98. The van der Waals surface area contributed by atoms with E-state index in [1.165, 1.54) is 12.8 Å². The molecule has 5 nitrogen and oxygen atoms in total. The van der Waals surface area contributed by atoms with Gasteiger partial charge >= 0.3 is 6.09 Å². The molecule has 0 N–H and O–H groups in total. The van der Waals surface area contributed by atoms with Gasteiger partial charge in [0.2, 0.25) is 0 Å². The Kier molecular flexibility index (Phi) is 10.4. The highest BCUT2D eigenvalue weighted by Gasteiger charge is 2.24. The molecule has 0 spiro atoms. The molecule has 0 aliphatic carbocycles. The van der Waals surface area contributed by atoms with Crippen molar-refractivity contribution in [2.24, 2.45) is 0 Å². The first kappa shape index (κ1) is 23.0. The molecule has 160 valence electrons. The number of ether oxygens (including phenoxy) is 2. The van der Waals surface area contributed by atoms with Crippen molar-refractivity contribution >= 4 is 11.8 Å². The average Bonchev–Trinajstić information content (AvgIpc) is 2.72. The fourth-order valence-corrected chi connectivity index (χ4v) is 3.38. The average molecular weight is 401 g/mol. The summed E-state index contributed by atoms with van der Waals surface area (Å²) in [6.45, 7) is 9.39. The minimum Gasteiger partial charge on any atom is -0.490 e. The highest BCUT2D eigenvalue weighted by atomic mass is 16.6. The number of anilines is 1. The van der Waals surface area contributed by atoms with E-state index in [1.807, 2.05) is 30.4 Å². The first-order chi connectivity index (χ1) is 14.2.